The predicted molar refractivity (Wildman–Crippen MR) is 73.1 cm³/mol. The van der Waals surface area contributed by atoms with Crippen molar-refractivity contribution in [1.82, 2.24) is 9.55 Å². The van der Waals surface area contributed by atoms with E-state index in [9.17, 15) is 14.9 Å². The fourth-order valence-electron chi connectivity index (χ4n) is 1.64. The summed E-state index contributed by atoms with van der Waals surface area (Å²) in [6.45, 7) is 2.06. The fourth-order valence-corrected chi connectivity index (χ4v) is 1.96. The molecule has 0 fully saturated rings. The molecule has 7 heteroatoms. The number of hydrogen-bond acceptors (Lipinski definition) is 4. The van der Waals surface area contributed by atoms with E-state index >= 15 is 0 Å². The molecular formula is C12H10BrN3O3. The highest BCUT2D eigenvalue weighted by Crippen LogP contribution is 2.13. The molecule has 2 rings (SSSR count). The zero-order valence-electron chi connectivity index (χ0n) is 10.0. The highest BCUT2D eigenvalue weighted by molar-refractivity contribution is 9.10. The van der Waals surface area contributed by atoms with E-state index in [-0.39, 0.29) is 11.2 Å². The van der Waals surface area contributed by atoms with E-state index in [2.05, 4.69) is 20.9 Å². The summed E-state index contributed by atoms with van der Waals surface area (Å²) in [4.78, 5) is 26.1. The molecule has 0 N–H and O–H groups in total. The van der Waals surface area contributed by atoms with Crippen LogP contribution in [-0.2, 0) is 6.54 Å². The van der Waals surface area contributed by atoms with E-state index in [1.165, 1.54) is 22.9 Å². The lowest BCUT2D eigenvalue weighted by Gasteiger charge is -2.09. The second-order valence-corrected chi connectivity index (χ2v) is 4.82. The Labute approximate surface area is 117 Å². The highest BCUT2D eigenvalue weighted by Gasteiger charge is 2.08. The number of halogens is 1. The van der Waals surface area contributed by atoms with E-state index in [0.717, 1.165) is 5.56 Å². The number of nitro benzene ring substituents is 1. The summed E-state index contributed by atoms with van der Waals surface area (Å²) in [5.74, 6) is 0.589. The molecule has 1 heterocycles. The topological polar surface area (TPSA) is 78.0 Å². The first kappa shape index (κ1) is 13.4. The smallest absolute Gasteiger partial charge is 0.269 e. The number of aromatic nitrogens is 2. The molecule has 0 unspecified atom stereocenters. The first-order valence-corrected chi connectivity index (χ1v) is 6.23. The van der Waals surface area contributed by atoms with Gasteiger partial charge in [0.25, 0.3) is 11.2 Å². The maximum atomic E-state index is 11.9. The molecule has 1 aromatic heterocycles. The summed E-state index contributed by atoms with van der Waals surface area (Å²) in [7, 11) is 0. The molecule has 2 aromatic rings. The quantitative estimate of drug-likeness (QED) is 0.641. The summed E-state index contributed by atoms with van der Waals surface area (Å²) in [5.41, 5.74) is 0.654. The predicted octanol–water partition coefficient (Wildman–Crippen LogP) is 2.27. The Morgan fingerprint density at radius 1 is 1.37 bits per heavy atom. The Hall–Kier alpha value is -2.02. The van der Waals surface area contributed by atoms with Gasteiger partial charge in [-0.2, -0.15) is 0 Å². The third kappa shape index (κ3) is 2.87. The van der Waals surface area contributed by atoms with Crippen LogP contribution in [0.5, 0.6) is 0 Å². The third-order valence-corrected chi connectivity index (χ3v) is 3.24. The summed E-state index contributed by atoms with van der Waals surface area (Å²) in [6.07, 6.45) is 1.46. The molecule has 0 spiro atoms. The van der Waals surface area contributed by atoms with E-state index < -0.39 is 4.92 Å². The van der Waals surface area contributed by atoms with Crippen molar-refractivity contribution in [1.29, 1.82) is 0 Å². The monoisotopic (exact) mass is 323 g/mol. The number of hydrogen-bond donors (Lipinski definition) is 0. The molecule has 1 aromatic carbocycles. The van der Waals surface area contributed by atoms with Crippen molar-refractivity contribution in [3.05, 3.63) is 66.8 Å². The molecule has 0 bridgehead atoms. The Morgan fingerprint density at radius 3 is 2.58 bits per heavy atom. The molecule has 0 aliphatic heterocycles. The minimum absolute atomic E-state index is 0.0280. The fraction of sp³-hybridized carbons (Fsp3) is 0.167. The molecule has 0 atom stereocenters. The number of rotatable bonds is 3. The van der Waals surface area contributed by atoms with Crippen molar-refractivity contribution in [3.63, 3.8) is 0 Å². The number of nitro groups is 1. The summed E-state index contributed by atoms with van der Waals surface area (Å²) >= 11 is 3.14. The van der Waals surface area contributed by atoms with Gasteiger partial charge >= 0.3 is 0 Å². The van der Waals surface area contributed by atoms with Gasteiger partial charge in [0.1, 0.15) is 10.3 Å². The zero-order valence-corrected chi connectivity index (χ0v) is 11.6. The second kappa shape index (κ2) is 5.31. The highest BCUT2D eigenvalue weighted by atomic mass is 79.9. The zero-order chi connectivity index (χ0) is 14.0. The molecule has 19 heavy (non-hydrogen) atoms. The largest absolute Gasteiger partial charge is 0.291 e. The van der Waals surface area contributed by atoms with E-state index in [1.807, 2.05) is 0 Å². The minimum Gasteiger partial charge on any atom is -0.291 e. The van der Waals surface area contributed by atoms with Gasteiger partial charge in [0.15, 0.2) is 0 Å². The molecule has 0 amide bonds. The van der Waals surface area contributed by atoms with Crippen LogP contribution in [0.4, 0.5) is 5.69 Å². The lowest BCUT2D eigenvalue weighted by atomic mass is 10.2. The maximum Gasteiger partial charge on any atom is 0.269 e. The molecule has 98 valence electrons. The molecule has 0 radical (unpaired) electrons. The lowest BCUT2D eigenvalue weighted by molar-refractivity contribution is -0.384. The average molecular weight is 324 g/mol. The lowest BCUT2D eigenvalue weighted by Crippen LogP contribution is -2.24. The molecule has 0 aliphatic carbocycles. The summed E-state index contributed by atoms with van der Waals surface area (Å²) in [5, 5.41) is 10.6. The van der Waals surface area contributed by atoms with Gasteiger partial charge in [0.2, 0.25) is 0 Å². The standard InChI is InChI=1S/C12H10BrN3O3/c1-8-14-6-11(13)12(17)15(8)7-9-2-4-10(5-3-9)16(18)19/h2-6H,7H2,1H3. The van der Waals surface area contributed by atoms with Crippen LogP contribution in [0.3, 0.4) is 0 Å². The third-order valence-electron chi connectivity index (χ3n) is 2.69. The first-order chi connectivity index (χ1) is 8.99. The van der Waals surface area contributed by atoms with Crippen LogP contribution in [0.25, 0.3) is 0 Å². The average Bonchev–Trinajstić information content (AvgIpc) is 2.40. The van der Waals surface area contributed by atoms with Gasteiger partial charge in [0, 0.05) is 18.3 Å². The molecular weight excluding hydrogens is 314 g/mol. The van der Waals surface area contributed by atoms with Gasteiger partial charge < -0.3 is 0 Å². The van der Waals surface area contributed by atoms with Crippen molar-refractivity contribution in [3.8, 4) is 0 Å². The number of non-ortho nitro benzene ring substituents is 1. The van der Waals surface area contributed by atoms with Crippen LogP contribution in [0.15, 0.2) is 39.7 Å². The van der Waals surface area contributed by atoms with Gasteiger partial charge in [-0.3, -0.25) is 19.5 Å². The van der Waals surface area contributed by atoms with Crippen molar-refractivity contribution in [2.24, 2.45) is 0 Å². The number of aryl methyl sites for hydroxylation is 1. The summed E-state index contributed by atoms with van der Waals surface area (Å²) < 4.78 is 1.89. The van der Waals surface area contributed by atoms with Crippen LogP contribution >= 0.6 is 15.9 Å². The number of nitrogens with zero attached hydrogens (tertiary/aromatic N) is 3. The Kier molecular flexibility index (Phi) is 3.75. The van der Waals surface area contributed by atoms with Crippen molar-refractivity contribution >= 4 is 21.6 Å². The van der Waals surface area contributed by atoms with Crippen molar-refractivity contribution < 1.29 is 4.92 Å². The van der Waals surface area contributed by atoms with Crippen LogP contribution in [0.2, 0.25) is 0 Å². The molecule has 0 aliphatic rings. The Morgan fingerprint density at radius 2 is 2.00 bits per heavy atom. The SMILES string of the molecule is Cc1ncc(Br)c(=O)n1Cc1ccc([N+](=O)[O-])cc1. The molecule has 0 saturated heterocycles. The maximum absolute atomic E-state index is 11.9. The van der Waals surface area contributed by atoms with Gasteiger partial charge in [-0.15, -0.1) is 0 Å². The normalized spacial score (nSPS) is 10.4. The van der Waals surface area contributed by atoms with Gasteiger partial charge in [0.05, 0.1) is 11.5 Å². The van der Waals surface area contributed by atoms with Crippen molar-refractivity contribution in [2.45, 2.75) is 13.5 Å². The van der Waals surface area contributed by atoms with Crippen LogP contribution < -0.4 is 5.56 Å². The first-order valence-electron chi connectivity index (χ1n) is 5.44. The van der Waals surface area contributed by atoms with E-state index in [0.29, 0.717) is 16.8 Å². The molecule has 6 nitrogen and oxygen atoms in total. The van der Waals surface area contributed by atoms with Gasteiger partial charge in [-0.1, -0.05) is 12.1 Å². The minimum atomic E-state index is -0.456. The van der Waals surface area contributed by atoms with E-state index in [1.54, 1.807) is 19.1 Å². The van der Waals surface area contributed by atoms with Crippen LogP contribution in [-0.4, -0.2) is 14.5 Å². The second-order valence-electron chi connectivity index (χ2n) is 3.97. The van der Waals surface area contributed by atoms with E-state index in [4.69, 9.17) is 0 Å². The Balaban J connectivity index is 2.34. The van der Waals surface area contributed by atoms with Crippen molar-refractivity contribution in [2.75, 3.05) is 0 Å². The summed E-state index contributed by atoms with van der Waals surface area (Å²) in [6, 6.07) is 6.10. The molecule has 0 saturated carbocycles. The number of benzene rings is 1. The van der Waals surface area contributed by atoms with Gasteiger partial charge in [-0.05, 0) is 28.4 Å². The Bertz CT molecular complexity index is 680. The van der Waals surface area contributed by atoms with Gasteiger partial charge in [-0.25, -0.2) is 4.98 Å². The van der Waals surface area contributed by atoms with Crippen LogP contribution in [0, 0.1) is 17.0 Å². The van der Waals surface area contributed by atoms with Crippen LogP contribution in [0.1, 0.15) is 11.4 Å².